The number of hydrogen-bond acceptors (Lipinski definition) is 6. The number of nitrogens with zero attached hydrogens (tertiary/aromatic N) is 4. The highest BCUT2D eigenvalue weighted by atomic mass is 16.5. The molecule has 0 spiro atoms. The van der Waals surface area contributed by atoms with Crippen molar-refractivity contribution in [2.45, 2.75) is 69.6 Å². The SMILES string of the molecule is CC1(c2noc(C3CCOCC3)n2)CCCN(C(=O)CN2CCCCCC2)C1. The molecule has 0 aliphatic carbocycles. The van der Waals surface area contributed by atoms with Gasteiger partial charge in [0.05, 0.1) is 6.54 Å². The van der Waals surface area contributed by atoms with Crippen LogP contribution in [0.4, 0.5) is 0 Å². The van der Waals surface area contributed by atoms with Gasteiger partial charge in [-0.2, -0.15) is 4.98 Å². The summed E-state index contributed by atoms with van der Waals surface area (Å²) in [5, 5.41) is 4.33. The predicted octanol–water partition coefficient (Wildman–Crippen LogP) is 2.72. The van der Waals surface area contributed by atoms with Crippen LogP contribution in [0.3, 0.4) is 0 Å². The Morgan fingerprint density at radius 3 is 2.61 bits per heavy atom. The zero-order valence-electron chi connectivity index (χ0n) is 17.2. The maximum Gasteiger partial charge on any atom is 0.236 e. The summed E-state index contributed by atoms with van der Waals surface area (Å²) >= 11 is 0. The van der Waals surface area contributed by atoms with Crippen molar-refractivity contribution in [2.75, 3.05) is 45.9 Å². The van der Waals surface area contributed by atoms with Crippen molar-refractivity contribution in [1.82, 2.24) is 19.9 Å². The van der Waals surface area contributed by atoms with E-state index in [-0.39, 0.29) is 11.3 Å². The fourth-order valence-electron chi connectivity index (χ4n) is 4.81. The number of ether oxygens (including phenoxy) is 1. The maximum atomic E-state index is 13.0. The summed E-state index contributed by atoms with van der Waals surface area (Å²) in [5.74, 6) is 2.07. The third kappa shape index (κ3) is 4.57. The molecule has 28 heavy (non-hydrogen) atoms. The van der Waals surface area contributed by atoms with E-state index in [9.17, 15) is 4.79 Å². The lowest BCUT2D eigenvalue weighted by atomic mass is 9.81. The standard InChI is InChI=1S/C21H34N4O3/c1-21(20-22-19(28-23-20)17-7-13-27-14-8-17)9-6-12-25(16-21)18(26)15-24-10-4-2-3-5-11-24/h17H,2-16H2,1H3. The summed E-state index contributed by atoms with van der Waals surface area (Å²) < 4.78 is 11.1. The largest absolute Gasteiger partial charge is 0.381 e. The van der Waals surface area contributed by atoms with E-state index in [1.807, 2.05) is 4.90 Å². The van der Waals surface area contributed by atoms with Crippen LogP contribution < -0.4 is 0 Å². The molecule has 0 aromatic carbocycles. The summed E-state index contributed by atoms with van der Waals surface area (Å²) in [6.45, 7) is 7.88. The smallest absolute Gasteiger partial charge is 0.236 e. The fraction of sp³-hybridized carbons (Fsp3) is 0.857. The highest BCUT2D eigenvalue weighted by molar-refractivity contribution is 5.78. The van der Waals surface area contributed by atoms with E-state index in [1.165, 1.54) is 25.7 Å². The maximum absolute atomic E-state index is 13.0. The van der Waals surface area contributed by atoms with Gasteiger partial charge in [-0.25, -0.2) is 0 Å². The van der Waals surface area contributed by atoms with Gasteiger partial charge >= 0.3 is 0 Å². The molecule has 7 nitrogen and oxygen atoms in total. The van der Waals surface area contributed by atoms with Crippen LogP contribution in [0, 0.1) is 0 Å². The number of piperidine rings is 1. The number of likely N-dealkylation sites (tertiary alicyclic amines) is 2. The molecule has 1 aromatic rings. The first-order valence-corrected chi connectivity index (χ1v) is 11.1. The van der Waals surface area contributed by atoms with Crippen molar-refractivity contribution in [3.05, 3.63) is 11.7 Å². The Hall–Kier alpha value is -1.47. The summed E-state index contributed by atoms with van der Waals surface area (Å²) in [6, 6.07) is 0. The minimum Gasteiger partial charge on any atom is -0.381 e. The second-order valence-electron chi connectivity index (χ2n) is 9.01. The molecule has 0 radical (unpaired) electrons. The molecule has 1 amide bonds. The lowest BCUT2D eigenvalue weighted by Gasteiger charge is -2.39. The van der Waals surface area contributed by atoms with Crippen LogP contribution in [0.5, 0.6) is 0 Å². The van der Waals surface area contributed by atoms with Gasteiger partial charge in [-0.05, 0) is 51.6 Å². The average molecular weight is 391 g/mol. The van der Waals surface area contributed by atoms with Gasteiger partial charge in [-0.1, -0.05) is 24.9 Å². The number of hydrogen-bond donors (Lipinski definition) is 0. The quantitative estimate of drug-likeness (QED) is 0.787. The van der Waals surface area contributed by atoms with Gasteiger partial charge in [-0.15, -0.1) is 0 Å². The molecule has 1 atom stereocenters. The lowest BCUT2D eigenvalue weighted by Crippen LogP contribution is -2.50. The molecule has 3 aliphatic rings. The number of carbonyl (C=O) groups excluding carboxylic acids is 1. The van der Waals surface area contributed by atoms with E-state index in [0.717, 1.165) is 70.2 Å². The molecular formula is C21H34N4O3. The van der Waals surface area contributed by atoms with Crippen LogP contribution in [0.2, 0.25) is 0 Å². The molecule has 1 aromatic heterocycles. The summed E-state index contributed by atoms with van der Waals surface area (Å²) in [7, 11) is 0. The van der Waals surface area contributed by atoms with Gasteiger partial charge in [0, 0.05) is 37.6 Å². The van der Waals surface area contributed by atoms with Gasteiger partial charge in [-0.3, -0.25) is 9.69 Å². The molecule has 4 heterocycles. The first-order valence-electron chi connectivity index (χ1n) is 11.1. The van der Waals surface area contributed by atoms with Crippen LogP contribution in [-0.4, -0.2) is 71.8 Å². The van der Waals surface area contributed by atoms with Gasteiger partial charge in [0.15, 0.2) is 5.82 Å². The van der Waals surface area contributed by atoms with Crippen molar-refractivity contribution in [3.63, 3.8) is 0 Å². The monoisotopic (exact) mass is 390 g/mol. The molecule has 0 saturated carbocycles. The molecule has 3 saturated heterocycles. The lowest BCUT2D eigenvalue weighted by molar-refractivity contribution is -0.134. The molecule has 156 valence electrons. The van der Waals surface area contributed by atoms with Crippen molar-refractivity contribution in [3.8, 4) is 0 Å². The third-order valence-corrected chi connectivity index (χ3v) is 6.66. The van der Waals surface area contributed by atoms with Gasteiger partial charge in [0.25, 0.3) is 0 Å². The van der Waals surface area contributed by atoms with E-state index < -0.39 is 0 Å². The van der Waals surface area contributed by atoms with Crippen molar-refractivity contribution < 1.29 is 14.1 Å². The molecule has 0 N–H and O–H groups in total. The van der Waals surface area contributed by atoms with E-state index in [4.69, 9.17) is 14.2 Å². The highest BCUT2D eigenvalue weighted by Gasteiger charge is 2.39. The van der Waals surface area contributed by atoms with E-state index in [2.05, 4.69) is 17.0 Å². The molecule has 3 aliphatic heterocycles. The van der Waals surface area contributed by atoms with Crippen molar-refractivity contribution in [2.24, 2.45) is 0 Å². The van der Waals surface area contributed by atoms with Crippen LogP contribution in [0.15, 0.2) is 4.52 Å². The Bertz CT molecular complexity index is 650. The van der Waals surface area contributed by atoms with E-state index in [0.29, 0.717) is 19.0 Å². The average Bonchev–Trinajstić information content (AvgIpc) is 3.09. The Balaban J connectivity index is 1.39. The summed E-state index contributed by atoms with van der Waals surface area (Å²) in [4.78, 5) is 22.1. The highest BCUT2D eigenvalue weighted by Crippen LogP contribution is 2.34. The van der Waals surface area contributed by atoms with Crippen LogP contribution in [0.25, 0.3) is 0 Å². The first kappa shape index (κ1) is 19.8. The second-order valence-corrected chi connectivity index (χ2v) is 9.01. The molecule has 3 fully saturated rings. The molecule has 4 rings (SSSR count). The number of amides is 1. The van der Waals surface area contributed by atoms with Gasteiger partial charge in [0.1, 0.15) is 0 Å². The summed E-state index contributed by atoms with van der Waals surface area (Å²) in [6.07, 6.45) is 8.87. The topological polar surface area (TPSA) is 71.7 Å². The van der Waals surface area contributed by atoms with E-state index in [1.54, 1.807) is 0 Å². The molecular weight excluding hydrogens is 356 g/mol. The zero-order valence-corrected chi connectivity index (χ0v) is 17.2. The minimum absolute atomic E-state index is 0.223. The van der Waals surface area contributed by atoms with Crippen molar-refractivity contribution >= 4 is 5.91 Å². The Labute approximate surface area is 167 Å². The molecule has 7 heteroatoms. The Morgan fingerprint density at radius 1 is 1.11 bits per heavy atom. The molecule has 0 bridgehead atoms. The van der Waals surface area contributed by atoms with Crippen molar-refractivity contribution in [1.29, 1.82) is 0 Å². The number of rotatable bonds is 4. The van der Waals surface area contributed by atoms with Crippen LogP contribution in [-0.2, 0) is 14.9 Å². The normalized spacial score (nSPS) is 28.2. The van der Waals surface area contributed by atoms with Crippen LogP contribution >= 0.6 is 0 Å². The molecule has 1 unspecified atom stereocenters. The fourth-order valence-corrected chi connectivity index (χ4v) is 4.81. The number of carbonyl (C=O) groups is 1. The minimum atomic E-state index is -0.223. The predicted molar refractivity (Wildman–Crippen MR) is 105 cm³/mol. The first-order chi connectivity index (χ1) is 13.6. The van der Waals surface area contributed by atoms with Crippen LogP contribution in [0.1, 0.15) is 75.9 Å². The Morgan fingerprint density at radius 2 is 1.86 bits per heavy atom. The third-order valence-electron chi connectivity index (χ3n) is 6.66. The zero-order chi connectivity index (χ0) is 19.4. The summed E-state index contributed by atoms with van der Waals surface area (Å²) in [5.41, 5.74) is -0.223. The number of aromatic nitrogens is 2. The van der Waals surface area contributed by atoms with Gasteiger partial charge < -0.3 is 14.2 Å². The van der Waals surface area contributed by atoms with E-state index >= 15 is 0 Å². The van der Waals surface area contributed by atoms with Gasteiger partial charge in [0.2, 0.25) is 11.8 Å². The second kappa shape index (κ2) is 8.91. The Kier molecular flexibility index (Phi) is 6.31.